The molecule has 4 nitrogen and oxygen atoms in total. The molecule has 0 unspecified atom stereocenters. The van der Waals surface area contributed by atoms with Crippen LogP contribution in [0.3, 0.4) is 0 Å². The van der Waals surface area contributed by atoms with Gasteiger partial charge in [0.25, 0.3) is 5.91 Å². The Morgan fingerprint density at radius 3 is 2.73 bits per heavy atom. The highest BCUT2D eigenvalue weighted by Gasteiger charge is 2.28. The number of hydrogen-bond acceptors (Lipinski definition) is 3. The van der Waals surface area contributed by atoms with Gasteiger partial charge in [-0.15, -0.1) is 0 Å². The number of nitrogens with one attached hydrogen (secondary N) is 1. The van der Waals surface area contributed by atoms with Crippen molar-refractivity contribution >= 4 is 5.91 Å². The van der Waals surface area contributed by atoms with Crippen molar-refractivity contribution in [1.29, 1.82) is 0 Å². The molecule has 0 radical (unpaired) electrons. The van der Waals surface area contributed by atoms with Gasteiger partial charge in [-0.1, -0.05) is 12.1 Å². The molecule has 7 heteroatoms. The average molecular weight is 310 g/mol. The third-order valence-corrected chi connectivity index (χ3v) is 2.68. The van der Waals surface area contributed by atoms with E-state index in [4.69, 9.17) is 0 Å². The Kier molecular flexibility index (Phi) is 4.98. The smallest absolute Gasteiger partial charge is 0.422 e. The predicted molar refractivity (Wildman–Crippen MR) is 73.4 cm³/mol. The fourth-order valence-corrected chi connectivity index (χ4v) is 1.69. The molecular weight excluding hydrogens is 297 g/mol. The third-order valence-electron chi connectivity index (χ3n) is 2.68. The maximum atomic E-state index is 12.1. The summed E-state index contributed by atoms with van der Waals surface area (Å²) in [6, 6.07) is 9.39. The van der Waals surface area contributed by atoms with Crippen LogP contribution in [0.25, 0.3) is 0 Å². The van der Waals surface area contributed by atoms with Gasteiger partial charge in [0.2, 0.25) is 0 Å². The van der Waals surface area contributed by atoms with E-state index in [9.17, 15) is 18.0 Å². The van der Waals surface area contributed by atoms with Crippen LogP contribution < -0.4 is 10.1 Å². The van der Waals surface area contributed by atoms with E-state index < -0.39 is 12.8 Å². The number of hydrogen-bond donors (Lipinski definition) is 1. The number of ether oxygens (including phenoxy) is 1. The van der Waals surface area contributed by atoms with Crippen molar-refractivity contribution in [2.45, 2.75) is 12.7 Å². The van der Waals surface area contributed by atoms with Crippen molar-refractivity contribution in [3.8, 4) is 5.75 Å². The van der Waals surface area contributed by atoms with Crippen molar-refractivity contribution < 1.29 is 22.7 Å². The van der Waals surface area contributed by atoms with Gasteiger partial charge >= 0.3 is 6.18 Å². The number of aromatic nitrogens is 1. The summed E-state index contributed by atoms with van der Waals surface area (Å²) in [5.74, 6) is -0.208. The van der Waals surface area contributed by atoms with E-state index in [2.05, 4.69) is 15.0 Å². The summed E-state index contributed by atoms with van der Waals surface area (Å²) < 4.78 is 40.9. The highest BCUT2D eigenvalue weighted by Crippen LogP contribution is 2.19. The van der Waals surface area contributed by atoms with E-state index in [1.165, 1.54) is 18.3 Å². The van der Waals surface area contributed by atoms with Gasteiger partial charge in [-0.3, -0.25) is 9.78 Å². The second kappa shape index (κ2) is 6.93. The minimum absolute atomic E-state index is 0.102. The predicted octanol–water partition coefficient (Wildman–Crippen LogP) is 2.95. The van der Waals surface area contributed by atoms with E-state index in [1.807, 2.05) is 0 Å². The van der Waals surface area contributed by atoms with Gasteiger partial charge in [-0.2, -0.15) is 13.2 Å². The fourth-order valence-electron chi connectivity index (χ4n) is 1.69. The maximum Gasteiger partial charge on any atom is 0.422 e. The number of carbonyl (C=O) groups is 1. The molecule has 0 aliphatic rings. The van der Waals surface area contributed by atoms with Crippen LogP contribution >= 0.6 is 0 Å². The van der Waals surface area contributed by atoms with Crippen LogP contribution in [0.1, 0.15) is 15.9 Å². The molecule has 1 N–H and O–H groups in total. The summed E-state index contributed by atoms with van der Waals surface area (Å²) in [4.78, 5) is 15.7. The zero-order valence-electron chi connectivity index (χ0n) is 11.4. The molecular formula is C15H13F3N2O2. The van der Waals surface area contributed by atoms with Crippen molar-refractivity contribution in [1.82, 2.24) is 10.3 Å². The lowest BCUT2D eigenvalue weighted by molar-refractivity contribution is -0.153. The fraction of sp³-hybridized carbons (Fsp3) is 0.200. The van der Waals surface area contributed by atoms with Crippen LogP contribution in [0.15, 0.2) is 48.8 Å². The summed E-state index contributed by atoms with van der Waals surface area (Å²) in [7, 11) is 0. The summed E-state index contributed by atoms with van der Waals surface area (Å²) >= 11 is 0. The quantitative estimate of drug-likeness (QED) is 0.924. The van der Waals surface area contributed by atoms with E-state index in [-0.39, 0.29) is 18.2 Å². The lowest BCUT2D eigenvalue weighted by Gasteiger charge is -2.10. The lowest BCUT2D eigenvalue weighted by Crippen LogP contribution is -2.23. The maximum absolute atomic E-state index is 12.1. The minimum Gasteiger partial charge on any atom is -0.484 e. The highest BCUT2D eigenvalue weighted by atomic mass is 19.4. The topological polar surface area (TPSA) is 51.2 Å². The molecule has 0 aliphatic heterocycles. The van der Waals surface area contributed by atoms with E-state index in [0.29, 0.717) is 11.1 Å². The molecule has 2 aromatic rings. The van der Waals surface area contributed by atoms with Gasteiger partial charge in [0.15, 0.2) is 6.61 Å². The molecule has 0 bridgehead atoms. The first-order valence-electron chi connectivity index (χ1n) is 6.41. The van der Waals surface area contributed by atoms with Gasteiger partial charge in [0, 0.05) is 18.9 Å². The van der Waals surface area contributed by atoms with Crippen LogP contribution in [0.5, 0.6) is 5.75 Å². The number of carbonyl (C=O) groups excluding carboxylic acids is 1. The Bertz CT molecular complexity index is 630. The van der Waals surface area contributed by atoms with E-state index >= 15 is 0 Å². The summed E-state index contributed by atoms with van der Waals surface area (Å²) in [5, 5.41) is 2.66. The lowest BCUT2D eigenvalue weighted by atomic mass is 10.2. The number of benzene rings is 1. The monoisotopic (exact) mass is 310 g/mol. The first-order valence-corrected chi connectivity index (χ1v) is 6.41. The second-order valence-corrected chi connectivity index (χ2v) is 4.48. The average Bonchev–Trinajstić information content (AvgIpc) is 2.51. The number of pyridine rings is 1. The third kappa shape index (κ3) is 5.08. The van der Waals surface area contributed by atoms with Gasteiger partial charge in [-0.05, 0) is 29.8 Å². The zero-order valence-corrected chi connectivity index (χ0v) is 11.4. The molecule has 1 aromatic heterocycles. The molecule has 0 aliphatic carbocycles. The van der Waals surface area contributed by atoms with Crippen LogP contribution in [-0.2, 0) is 6.54 Å². The van der Waals surface area contributed by atoms with Gasteiger partial charge in [0.05, 0.1) is 5.56 Å². The Hall–Kier alpha value is -2.57. The molecule has 2 rings (SSSR count). The molecule has 0 spiro atoms. The molecule has 0 saturated carbocycles. The summed E-state index contributed by atoms with van der Waals surface area (Å²) in [6.45, 7) is -1.17. The van der Waals surface area contributed by atoms with Gasteiger partial charge in [-0.25, -0.2) is 0 Å². The summed E-state index contributed by atoms with van der Waals surface area (Å²) in [6.07, 6.45) is -1.40. The number of rotatable bonds is 5. The standard InChI is InChI=1S/C15H13F3N2O2/c16-15(17,18)10-22-13-5-1-3-11(7-13)8-20-14(21)12-4-2-6-19-9-12/h1-7,9H,8,10H2,(H,20,21). The van der Waals surface area contributed by atoms with Gasteiger partial charge < -0.3 is 10.1 Å². The van der Waals surface area contributed by atoms with E-state index in [1.54, 1.807) is 30.5 Å². The number of alkyl halides is 3. The Balaban J connectivity index is 1.92. The van der Waals surface area contributed by atoms with Crippen molar-refractivity contribution in [2.24, 2.45) is 0 Å². The molecule has 1 amide bonds. The highest BCUT2D eigenvalue weighted by molar-refractivity contribution is 5.93. The molecule has 116 valence electrons. The van der Waals surface area contributed by atoms with Crippen molar-refractivity contribution in [2.75, 3.05) is 6.61 Å². The molecule has 0 saturated heterocycles. The first-order chi connectivity index (χ1) is 10.4. The Labute approximate surface area is 124 Å². The normalized spacial score (nSPS) is 11.0. The minimum atomic E-state index is -4.38. The zero-order chi connectivity index (χ0) is 16.0. The first kappa shape index (κ1) is 15.8. The molecule has 0 fully saturated rings. The Morgan fingerprint density at radius 1 is 1.23 bits per heavy atom. The Morgan fingerprint density at radius 2 is 2.05 bits per heavy atom. The largest absolute Gasteiger partial charge is 0.484 e. The number of amides is 1. The van der Waals surface area contributed by atoms with Crippen LogP contribution in [0.4, 0.5) is 13.2 Å². The molecule has 22 heavy (non-hydrogen) atoms. The van der Waals surface area contributed by atoms with Crippen molar-refractivity contribution in [3.05, 3.63) is 59.9 Å². The van der Waals surface area contributed by atoms with Gasteiger partial charge in [0.1, 0.15) is 5.75 Å². The number of halogens is 3. The molecule has 1 aromatic carbocycles. The molecule has 1 heterocycles. The molecule has 0 atom stereocenters. The van der Waals surface area contributed by atoms with Crippen LogP contribution in [0, 0.1) is 0 Å². The van der Waals surface area contributed by atoms with E-state index in [0.717, 1.165) is 0 Å². The summed E-state index contributed by atoms with van der Waals surface area (Å²) in [5.41, 5.74) is 1.05. The van der Waals surface area contributed by atoms with Crippen LogP contribution in [-0.4, -0.2) is 23.7 Å². The van der Waals surface area contributed by atoms with Crippen molar-refractivity contribution in [3.63, 3.8) is 0 Å². The van der Waals surface area contributed by atoms with Crippen LogP contribution in [0.2, 0.25) is 0 Å². The second-order valence-electron chi connectivity index (χ2n) is 4.48. The number of nitrogens with zero attached hydrogens (tertiary/aromatic N) is 1. The SMILES string of the molecule is O=C(NCc1cccc(OCC(F)(F)F)c1)c1cccnc1.